The maximum atomic E-state index is 12.5. The van der Waals surface area contributed by atoms with Gasteiger partial charge in [0.15, 0.2) is 5.11 Å². The zero-order chi connectivity index (χ0) is 20.8. The fourth-order valence-corrected chi connectivity index (χ4v) is 3.75. The Labute approximate surface area is 184 Å². The summed E-state index contributed by atoms with van der Waals surface area (Å²) in [6.07, 6.45) is 0. The molecule has 0 saturated heterocycles. The van der Waals surface area contributed by atoms with Crippen LogP contribution < -0.4 is 15.4 Å². The number of ether oxygens (including phenoxy) is 1. The van der Waals surface area contributed by atoms with Gasteiger partial charge in [-0.05, 0) is 79.2 Å². The lowest BCUT2D eigenvalue weighted by Crippen LogP contribution is -2.34. The Morgan fingerprint density at radius 1 is 1.00 bits per heavy atom. The maximum Gasteiger partial charge on any atom is 0.257 e. The third kappa shape index (κ3) is 5.89. The van der Waals surface area contributed by atoms with E-state index in [1.807, 2.05) is 56.3 Å². The van der Waals surface area contributed by atoms with Gasteiger partial charge in [-0.15, -0.1) is 0 Å². The molecule has 0 saturated carbocycles. The normalized spacial score (nSPS) is 10.3. The molecule has 0 fully saturated rings. The van der Waals surface area contributed by atoms with Crippen molar-refractivity contribution in [1.29, 1.82) is 0 Å². The molecule has 4 nitrogen and oxygen atoms in total. The van der Waals surface area contributed by atoms with Gasteiger partial charge in [-0.1, -0.05) is 46.3 Å². The van der Waals surface area contributed by atoms with Crippen LogP contribution >= 0.6 is 28.1 Å². The number of thiocarbonyl (C=S) groups is 1. The van der Waals surface area contributed by atoms with Gasteiger partial charge in [-0.2, -0.15) is 0 Å². The van der Waals surface area contributed by atoms with E-state index >= 15 is 0 Å². The smallest absolute Gasteiger partial charge is 0.257 e. The van der Waals surface area contributed by atoms with Gasteiger partial charge >= 0.3 is 0 Å². The number of nitrogens with one attached hydrogen (secondary N) is 2. The minimum atomic E-state index is -0.274. The van der Waals surface area contributed by atoms with Crippen LogP contribution in [0.5, 0.6) is 5.75 Å². The van der Waals surface area contributed by atoms with Gasteiger partial charge in [0, 0.05) is 15.7 Å². The third-order valence-corrected chi connectivity index (χ3v) is 4.99. The largest absolute Gasteiger partial charge is 0.489 e. The van der Waals surface area contributed by atoms with Crippen molar-refractivity contribution in [2.24, 2.45) is 0 Å². The molecule has 2 N–H and O–H groups in total. The maximum absolute atomic E-state index is 12.5. The summed E-state index contributed by atoms with van der Waals surface area (Å²) in [6.45, 7) is 4.45. The first-order chi connectivity index (χ1) is 13.9. The minimum absolute atomic E-state index is 0.257. The number of halogens is 1. The molecule has 1 amide bonds. The van der Waals surface area contributed by atoms with Crippen molar-refractivity contribution in [3.8, 4) is 5.75 Å². The van der Waals surface area contributed by atoms with Gasteiger partial charge in [0.25, 0.3) is 5.91 Å². The Kier molecular flexibility index (Phi) is 7.01. The van der Waals surface area contributed by atoms with Gasteiger partial charge < -0.3 is 10.1 Å². The third-order valence-electron chi connectivity index (χ3n) is 4.33. The molecule has 148 valence electrons. The highest BCUT2D eigenvalue weighted by molar-refractivity contribution is 9.10. The average Bonchev–Trinajstić information content (AvgIpc) is 2.70. The lowest BCUT2D eigenvalue weighted by Gasteiger charge is -2.15. The van der Waals surface area contributed by atoms with E-state index in [2.05, 4.69) is 26.6 Å². The first-order valence-electron chi connectivity index (χ1n) is 9.08. The van der Waals surface area contributed by atoms with Crippen LogP contribution in [-0.2, 0) is 6.61 Å². The zero-order valence-corrected chi connectivity index (χ0v) is 18.6. The Balaban J connectivity index is 1.57. The van der Waals surface area contributed by atoms with Crippen LogP contribution in [0.3, 0.4) is 0 Å². The number of rotatable bonds is 5. The average molecular weight is 469 g/mol. The van der Waals surface area contributed by atoms with E-state index < -0.39 is 0 Å². The second-order valence-electron chi connectivity index (χ2n) is 6.62. The Morgan fingerprint density at radius 3 is 2.24 bits per heavy atom. The number of carbonyl (C=O) groups is 1. The van der Waals surface area contributed by atoms with E-state index in [0.717, 1.165) is 26.9 Å². The number of amides is 1. The van der Waals surface area contributed by atoms with Crippen LogP contribution in [0, 0.1) is 13.8 Å². The SMILES string of the molecule is Cc1cc(Br)cc(C)c1NC(=S)NC(=O)c1ccc(OCc2ccccc2)cc1. The molecule has 0 bridgehead atoms. The highest BCUT2D eigenvalue weighted by Gasteiger charge is 2.11. The summed E-state index contributed by atoms with van der Waals surface area (Å²) in [5.74, 6) is 0.428. The highest BCUT2D eigenvalue weighted by atomic mass is 79.9. The molecule has 0 aromatic heterocycles. The second-order valence-corrected chi connectivity index (χ2v) is 7.95. The first-order valence-corrected chi connectivity index (χ1v) is 10.3. The molecule has 0 aliphatic rings. The number of aryl methyl sites for hydroxylation is 2. The van der Waals surface area contributed by atoms with Gasteiger partial charge in [-0.25, -0.2) is 0 Å². The minimum Gasteiger partial charge on any atom is -0.489 e. The topological polar surface area (TPSA) is 50.4 Å². The molecule has 3 aromatic rings. The van der Waals surface area contributed by atoms with Gasteiger partial charge in [0.2, 0.25) is 0 Å². The molecule has 6 heteroatoms. The van der Waals surface area contributed by atoms with E-state index in [1.54, 1.807) is 24.3 Å². The molecule has 0 unspecified atom stereocenters. The Bertz CT molecular complexity index is 998. The standard InChI is InChI=1S/C23H21BrN2O2S/c1-15-12-19(24)13-16(2)21(15)25-23(29)26-22(27)18-8-10-20(11-9-18)28-14-17-6-4-3-5-7-17/h3-13H,14H2,1-2H3,(H2,25,26,27,29). The molecule has 0 spiro atoms. The molecule has 3 rings (SSSR count). The zero-order valence-electron chi connectivity index (χ0n) is 16.2. The van der Waals surface area contributed by atoms with Crippen molar-refractivity contribution in [3.63, 3.8) is 0 Å². The summed E-state index contributed by atoms with van der Waals surface area (Å²) in [4.78, 5) is 12.5. The summed E-state index contributed by atoms with van der Waals surface area (Å²) >= 11 is 8.78. The summed E-state index contributed by atoms with van der Waals surface area (Å²) in [5.41, 5.74) is 4.56. The van der Waals surface area contributed by atoms with Crippen LogP contribution in [0.1, 0.15) is 27.0 Å². The molecule has 0 radical (unpaired) electrons. The summed E-state index contributed by atoms with van der Waals surface area (Å²) in [7, 11) is 0. The monoisotopic (exact) mass is 468 g/mol. The van der Waals surface area contributed by atoms with E-state index in [9.17, 15) is 4.79 Å². The number of benzene rings is 3. The number of anilines is 1. The molecule has 0 atom stereocenters. The van der Waals surface area contributed by atoms with Crippen LogP contribution in [0.2, 0.25) is 0 Å². The van der Waals surface area contributed by atoms with E-state index in [0.29, 0.717) is 17.9 Å². The van der Waals surface area contributed by atoms with Crippen molar-refractivity contribution in [3.05, 3.63) is 93.5 Å². The second kappa shape index (κ2) is 9.67. The van der Waals surface area contributed by atoms with Crippen molar-refractivity contribution in [2.45, 2.75) is 20.5 Å². The molecular weight excluding hydrogens is 448 g/mol. The molecule has 0 heterocycles. The number of carbonyl (C=O) groups excluding carboxylic acids is 1. The summed E-state index contributed by atoms with van der Waals surface area (Å²) in [6, 6.07) is 20.9. The quantitative estimate of drug-likeness (QED) is 0.466. The number of hydrogen-bond donors (Lipinski definition) is 2. The van der Waals surface area contributed by atoms with Crippen molar-refractivity contribution in [2.75, 3.05) is 5.32 Å². The van der Waals surface area contributed by atoms with Crippen LogP contribution in [0.25, 0.3) is 0 Å². The van der Waals surface area contributed by atoms with Gasteiger partial charge in [0.1, 0.15) is 12.4 Å². The predicted molar refractivity (Wildman–Crippen MR) is 125 cm³/mol. The van der Waals surface area contributed by atoms with Crippen LogP contribution in [0.4, 0.5) is 5.69 Å². The van der Waals surface area contributed by atoms with Crippen LogP contribution in [0.15, 0.2) is 71.2 Å². The molecule has 0 aliphatic heterocycles. The van der Waals surface area contributed by atoms with Crippen molar-refractivity contribution in [1.82, 2.24) is 5.32 Å². The Morgan fingerprint density at radius 2 is 1.62 bits per heavy atom. The lowest BCUT2D eigenvalue weighted by molar-refractivity contribution is 0.0977. The molecule has 29 heavy (non-hydrogen) atoms. The van der Waals surface area contributed by atoms with E-state index in [4.69, 9.17) is 17.0 Å². The van der Waals surface area contributed by atoms with Gasteiger partial charge in [0.05, 0.1) is 0 Å². The summed E-state index contributed by atoms with van der Waals surface area (Å²) in [5, 5.41) is 6.09. The molecular formula is C23H21BrN2O2S. The van der Waals surface area contributed by atoms with E-state index in [-0.39, 0.29) is 11.0 Å². The first kappa shape index (κ1) is 21.0. The lowest BCUT2D eigenvalue weighted by atomic mass is 10.1. The van der Waals surface area contributed by atoms with E-state index in [1.165, 1.54) is 0 Å². The Hall–Kier alpha value is -2.70. The highest BCUT2D eigenvalue weighted by Crippen LogP contribution is 2.25. The molecule has 0 aliphatic carbocycles. The summed E-state index contributed by atoms with van der Waals surface area (Å²) < 4.78 is 6.75. The number of hydrogen-bond acceptors (Lipinski definition) is 3. The van der Waals surface area contributed by atoms with Gasteiger partial charge in [-0.3, -0.25) is 10.1 Å². The fourth-order valence-electron chi connectivity index (χ4n) is 2.87. The van der Waals surface area contributed by atoms with Crippen LogP contribution in [-0.4, -0.2) is 11.0 Å². The predicted octanol–water partition coefficient (Wildman–Crippen LogP) is 5.77. The molecule has 3 aromatic carbocycles. The van der Waals surface area contributed by atoms with Crippen molar-refractivity contribution >= 4 is 44.9 Å². The fraction of sp³-hybridized carbons (Fsp3) is 0.130. The van der Waals surface area contributed by atoms with Crippen molar-refractivity contribution < 1.29 is 9.53 Å².